The van der Waals surface area contributed by atoms with Crippen LogP contribution in [0.25, 0.3) is 16.4 Å². The highest BCUT2D eigenvalue weighted by Gasteiger charge is 2.25. The smallest absolute Gasteiger partial charge is 0.292 e. The maximum atomic E-state index is 13.2. The minimum absolute atomic E-state index is 0.295. The average molecular weight is 438 g/mol. The molecule has 3 aromatic heterocycles. The van der Waals surface area contributed by atoms with Gasteiger partial charge in [-0.1, -0.05) is 12.1 Å². The molecule has 1 amide bonds. The third-order valence-electron chi connectivity index (χ3n) is 5.56. The molecule has 1 aliphatic rings. The first kappa shape index (κ1) is 20.0. The molecule has 8 nitrogen and oxygen atoms in total. The van der Waals surface area contributed by atoms with Crippen LogP contribution < -0.4 is 5.32 Å². The molecule has 4 aromatic rings. The van der Waals surface area contributed by atoms with Crippen molar-refractivity contribution in [3.63, 3.8) is 0 Å². The number of imidazole rings is 1. The van der Waals surface area contributed by atoms with Gasteiger partial charge in [-0.05, 0) is 36.4 Å². The molecule has 160 valence electrons. The van der Waals surface area contributed by atoms with Crippen molar-refractivity contribution in [1.82, 2.24) is 19.3 Å². The van der Waals surface area contributed by atoms with Gasteiger partial charge in [0, 0.05) is 37.4 Å². The molecule has 4 heterocycles. The molecule has 1 aromatic carbocycles. The Hall–Kier alpha value is -2.98. The predicted octanol–water partition coefficient (Wildman–Crippen LogP) is 3.70. The zero-order valence-electron chi connectivity index (χ0n) is 16.8. The van der Waals surface area contributed by atoms with Crippen LogP contribution in [-0.4, -0.2) is 58.9 Å². The first-order valence-electron chi connectivity index (χ1n) is 10.1. The van der Waals surface area contributed by atoms with E-state index in [2.05, 4.69) is 20.2 Å². The number of carbonyl (C=O) groups excluding carboxylic acids is 1. The lowest BCUT2D eigenvalue weighted by Gasteiger charge is -2.40. The van der Waals surface area contributed by atoms with E-state index in [9.17, 15) is 13.9 Å². The van der Waals surface area contributed by atoms with Crippen molar-refractivity contribution < 1.29 is 13.9 Å². The van der Waals surface area contributed by atoms with Crippen molar-refractivity contribution >= 4 is 38.6 Å². The zero-order chi connectivity index (χ0) is 21.4. The molecule has 5 rings (SSSR count). The Bertz CT molecular complexity index is 1260. The number of nitrogens with one attached hydrogen (secondary N) is 1. The summed E-state index contributed by atoms with van der Waals surface area (Å²) in [6.07, 6.45) is 3.56. The van der Waals surface area contributed by atoms with Crippen LogP contribution in [0.3, 0.4) is 0 Å². The van der Waals surface area contributed by atoms with Gasteiger partial charge in [0.05, 0.1) is 33.9 Å². The summed E-state index contributed by atoms with van der Waals surface area (Å²) in [6.45, 7) is 1.74. The summed E-state index contributed by atoms with van der Waals surface area (Å²) in [5.41, 5.74) is 3.16. The number of nitrogens with zero attached hydrogens (tertiary/aromatic N) is 4. The van der Waals surface area contributed by atoms with Crippen molar-refractivity contribution in [2.45, 2.75) is 6.54 Å². The van der Waals surface area contributed by atoms with Gasteiger partial charge in [0.25, 0.3) is 5.91 Å². The second-order valence-electron chi connectivity index (χ2n) is 7.65. The highest BCUT2D eigenvalue weighted by molar-refractivity contribution is 8.24. The fourth-order valence-electron chi connectivity index (χ4n) is 3.90. The molecule has 31 heavy (non-hydrogen) atoms. The Morgan fingerprint density at radius 2 is 1.90 bits per heavy atom. The SMILES string of the molecule is O=C(Nc1cccc2ncccc12)c1nc(CN2CCS(O)(O)CC2)c2ccccn12. The van der Waals surface area contributed by atoms with Crippen molar-refractivity contribution in [1.29, 1.82) is 0 Å². The maximum Gasteiger partial charge on any atom is 0.292 e. The number of aromatic nitrogens is 3. The molecule has 0 bridgehead atoms. The van der Waals surface area contributed by atoms with Crippen LogP contribution in [0.2, 0.25) is 0 Å². The van der Waals surface area contributed by atoms with Crippen molar-refractivity contribution in [2.24, 2.45) is 0 Å². The number of benzene rings is 1. The van der Waals surface area contributed by atoms with E-state index in [1.54, 1.807) is 10.6 Å². The third-order valence-corrected chi connectivity index (χ3v) is 7.24. The Morgan fingerprint density at radius 3 is 2.74 bits per heavy atom. The van der Waals surface area contributed by atoms with Crippen molar-refractivity contribution in [3.8, 4) is 0 Å². The van der Waals surface area contributed by atoms with Crippen molar-refractivity contribution in [3.05, 3.63) is 72.4 Å². The Balaban J connectivity index is 1.44. The molecule has 9 heteroatoms. The fourth-order valence-corrected chi connectivity index (χ4v) is 5.21. The van der Waals surface area contributed by atoms with E-state index in [-0.39, 0.29) is 5.91 Å². The molecule has 1 aliphatic heterocycles. The number of anilines is 1. The quantitative estimate of drug-likeness (QED) is 0.450. The number of carbonyl (C=O) groups is 1. The summed E-state index contributed by atoms with van der Waals surface area (Å²) in [5.74, 6) is 0.770. The van der Waals surface area contributed by atoms with Gasteiger partial charge in [-0.15, -0.1) is 0 Å². The summed E-state index contributed by atoms with van der Waals surface area (Å²) in [4.78, 5) is 24.3. The van der Waals surface area contributed by atoms with E-state index < -0.39 is 10.6 Å². The molecule has 0 saturated carbocycles. The summed E-state index contributed by atoms with van der Waals surface area (Å²) < 4.78 is 21.5. The van der Waals surface area contributed by atoms with Crippen LogP contribution in [-0.2, 0) is 6.54 Å². The maximum absolute atomic E-state index is 13.2. The van der Waals surface area contributed by atoms with E-state index in [0.717, 1.165) is 22.1 Å². The van der Waals surface area contributed by atoms with E-state index in [4.69, 9.17) is 0 Å². The van der Waals surface area contributed by atoms with E-state index >= 15 is 0 Å². The topological polar surface area (TPSA) is 103 Å². The molecular formula is C22H23N5O3S. The first-order chi connectivity index (χ1) is 15.0. The molecule has 3 N–H and O–H groups in total. The minimum Gasteiger partial charge on any atom is -0.319 e. The van der Waals surface area contributed by atoms with Gasteiger partial charge < -0.3 is 5.32 Å². The summed E-state index contributed by atoms with van der Waals surface area (Å²) in [5, 5.41) is 3.85. The van der Waals surface area contributed by atoms with Crippen LogP contribution in [0, 0.1) is 0 Å². The number of hydrogen-bond acceptors (Lipinski definition) is 6. The molecule has 1 saturated heterocycles. The van der Waals surface area contributed by atoms with Crippen LogP contribution in [0.15, 0.2) is 60.9 Å². The second kappa shape index (κ2) is 7.93. The molecule has 0 aliphatic carbocycles. The summed E-state index contributed by atoms with van der Waals surface area (Å²) in [7, 11) is -2.45. The van der Waals surface area contributed by atoms with Gasteiger partial charge in [0.2, 0.25) is 5.82 Å². The fraction of sp³-hybridized carbons (Fsp3) is 0.227. The minimum atomic E-state index is -2.45. The van der Waals surface area contributed by atoms with Crippen LogP contribution in [0.1, 0.15) is 16.3 Å². The Kier molecular flexibility index (Phi) is 5.11. The highest BCUT2D eigenvalue weighted by Crippen LogP contribution is 2.40. The van der Waals surface area contributed by atoms with Crippen LogP contribution in [0.4, 0.5) is 5.69 Å². The van der Waals surface area contributed by atoms with Gasteiger partial charge in [-0.2, -0.15) is 10.6 Å². The average Bonchev–Trinajstić information content (AvgIpc) is 3.14. The lowest BCUT2D eigenvalue weighted by molar-refractivity contribution is 0.101. The zero-order valence-corrected chi connectivity index (χ0v) is 17.6. The van der Waals surface area contributed by atoms with E-state index in [0.29, 0.717) is 42.7 Å². The number of rotatable bonds is 4. The molecule has 0 spiro atoms. The molecular weight excluding hydrogens is 414 g/mol. The van der Waals surface area contributed by atoms with Gasteiger partial charge >= 0.3 is 0 Å². The first-order valence-corrected chi connectivity index (χ1v) is 12.0. The molecule has 1 fully saturated rings. The molecule has 0 unspecified atom stereocenters. The largest absolute Gasteiger partial charge is 0.319 e. The third kappa shape index (κ3) is 4.00. The number of pyridine rings is 2. The molecule has 0 radical (unpaired) electrons. The van der Waals surface area contributed by atoms with Gasteiger partial charge in [-0.25, -0.2) is 4.98 Å². The standard InChI is InChI=1S/C22H23N5O3S/c28-22(25-18-7-3-6-17-16(18)5-4-9-23-17)21-24-19(20-8-1-2-10-27(20)21)15-26-11-13-31(29,30)14-12-26/h1-10,29-30H,11-15H2,(H,25,28). The van der Waals surface area contributed by atoms with Crippen LogP contribution in [0.5, 0.6) is 0 Å². The van der Waals surface area contributed by atoms with Crippen molar-refractivity contribution in [2.75, 3.05) is 29.9 Å². The van der Waals surface area contributed by atoms with Crippen LogP contribution >= 0.6 is 10.6 Å². The Labute approximate surface area is 180 Å². The van der Waals surface area contributed by atoms with E-state index in [1.165, 1.54) is 0 Å². The lowest BCUT2D eigenvalue weighted by atomic mass is 10.2. The van der Waals surface area contributed by atoms with E-state index in [1.807, 2.05) is 54.7 Å². The van der Waals surface area contributed by atoms with Gasteiger partial charge in [0.15, 0.2) is 0 Å². The number of hydrogen-bond donors (Lipinski definition) is 3. The summed E-state index contributed by atoms with van der Waals surface area (Å²) in [6, 6.07) is 15.1. The molecule has 0 atom stereocenters. The number of amides is 1. The lowest BCUT2D eigenvalue weighted by Crippen LogP contribution is -2.37. The predicted molar refractivity (Wildman–Crippen MR) is 123 cm³/mol. The Morgan fingerprint density at radius 1 is 1.06 bits per heavy atom. The van der Waals surface area contributed by atoms with Gasteiger partial charge in [0.1, 0.15) is 0 Å². The highest BCUT2D eigenvalue weighted by atomic mass is 32.3. The summed E-state index contributed by atoms with van der Waals surface area (Å²) >= 11 is 0. The number of fused-ring (bicyclic) bond motifs is 2. The van der Waals surface area contributed by atoms with Gasteiger partial charge in [-0.3, -0.25) is 28.2 Å². The monoisotopic (exact) mass is 437 g/mol. The second-order valence-corrected chi connectivity index (χ2v) is 10.1. The normalized spacial score (nSPS) is 17.6.